The summed E-state index contributed by atoms with van der Waals surface area (Å²) in [6, 6.07) is 4.34. The number of nitrogens with zero attached hydrogens (tertiary/aromatic N) is 2. The maximum atomic E-state index is 11.5. The first kappa shape index (κ1) is 14.9. The molecule has 7 nitrogen and oxygen atoms in total. The van der Waals surface area contributed by atoms with Gasteiger partial charge in [-0.15, -0.1) is 0 Å². The van der Waals surface area contributed by atoms with Gasteiger partial charge in [0.05, 0.1) is 0 Å². The lowest BCUT2D eigenvalue weighted by Crippen LogP contribution is -2.38. The lowest BCUT2D eigenvalue weighted by Gasteiger charge is -2.17. The Balaban J connectivity index is 2.31. The van der Waals surface area contributed by atoms with Crippen LogP contribution in [-0.2, 0) is 16.0 Å². The second-order valence-electron chi connectivity index (χ2n) is 4.01. The van der Waals surface area contributed by atoms with Crippen LogP contribution < -0.4 is 5.73 Å². The first-order valence-electron chi connectivity index (χ1n) is 5.77. The van der Waals surface area contributed by atoms with Gasteiger partial charge in [-0.25, -0.2) is 4.79 Å². The Bertz CT molecular complexity index is 424. The van der Waals surface area contributed by atoms with Gasteiger partial charge in [-0.3, -0.25) is 9.78 Å². The van der Waals surface area contributed by atoms with Gasteiger partial charge in [0.1, 0.15) is 12.6 Å². The predicted octanol–water partition coefficient (Wildman–Crippen LogP) is 0.104. The third kappa shape index (κ3) is 5.35. The second kappa shape index (κ2) is 7.32. The van der Waals surface area contributed by atoms with Gasteiger partial charge in [-0.1, -0.05) is 6.07 Å². The largest absolute Gasteiger partial charge is 0.480 e. The summed E-state index contributed by atoms with van der Waals surface area (Å²) in [5.74, 6) is -1.20. The molecule has 7 heteroatoms. The number of likely N-dealkylation sites (N-methyl/N-ethyl adjacent to an activating group) is 1. The maximum Gasteiger partial charge on any atom is 0.409 e. The number of carboxylic acids is 1. The van der Waals surface area contributed by atoms with Crippen LogP contribution in [0.4, 0.5) is 4.79 Å². The van der Waals surface area contributed by atoms with Gasteiger partial charge in [0.25, 0.3) is 0 Å². The van der Waals surface area contributed by atoms with Crippen molar-refractivity contribution in [3.05, 3.63) is 30.1 Å². The molecule has 0 saturated carbocycles. The molecule has 1 rings (SSSR count). The lowest BCUT2D eigenvalue weighted by molar-refractivity contribution is -0.139. The zero-order valence-corrected chi connectivity index (χ0v) is 10.7. The number of pyridine rings is 1. The second-order valence-corrected chi connectivity index (χ2v) is 4.01. The van der Waals surface area contributed by atoms with Crippen LogP contribution in [-0.4, -0.2) is 53.3 Å². The van der Waals surface area contributed by atoms with E-state index in [1.165, 1.54) is 4.90 Å². The summed E-state index contributed by atoms with van der Waals surface area (Å²) in [6.45, 7) is 0.0836. The van der Waals surface area contributed by atoms with E-state index >= 15 is 0 Å². The van der Waals surface area contributed by atoms with Crippen molar-refractivity contribution in [2.45, 2.75) is 12.5 Å². The van der Waals surface area contributed by atoms with E-state index in [0.717, 1.165) is 5.69 Å². The number of hydrogen-bond donors (Lipinski definition) is 2. The molecule has 0 aromatic carbocycles. The topological polar surface area (TPSA) is 106 Å². The fraction of sp³-hybridized carbons (Fsp3) is 0.417. The Kier molecular flexibility index (Phi) is 5.74. The molecule has 1 heterocycles. The number of aliphatic carboxylic acids is 1. The smallest absolute Gasteiger partial charge is 0.409 e. The van der Waals surface area contributed by atoms with E-state index in [4.69, 9.17) is 15.6 Å². The van der Waals surface area contributed by atoms with E-state index in [1.54, 1.807) is 13.2 Å². The molecule has 104 valence electrons. The average molecular weight is 267 g/mol. The highest BCUT2D eigenvalue weighted by Gasteiger charge is 2.16. The molecule has 0 saturated heterocycles. The van der Waals surface area contributed by atoms with Gasteiger partial charge < -0.3 is 20.5 Å². The highest BCUT2D eigenvalue weighted by Crippen LogP contribution is 1.98. The fourth-order valence-corrected chi connectivity index (χ4v) is 1.26. The van der Waals surface area contributed by atoms with Crippen molar-refractivity contribution in [3.63, 3.8) is 0 Å². The number of carbonyl (C=O) groups excluding carboxylic acids is 1. The molecule has 0 unspecified atom stereocenters. The SMILES string of the molecule is CN(CCc1ccccn1)C(=O)OC[C@H](N)C(=O)O. The van der Waals surface area contributed by atoms with Crippen molar-refractivity contribution < 1.29 is 19.4 Å². The molecule has 1 aromatic rings. The predicted molar refractivity (Wildman–Crippen MR) is 67.5 cm³/mol. The molecule has 1 amide bonds. The van der Waals surface area contributed by atoms with Crippen LogP contribution in [0.2, 0.25) is 0 Å². The van der Waals surface area contributed by atoms with Crippen molar-refractivity contribution in [3.8, 4) is 0 Å². The van der Waals surface area contributed by atoms with Crippen molar-refractivity contribution in [2.24, 2.45) is 5.73 Å². The Morgan fingerprint density at radius 1 is 1.53 bits per heavy atom. The van der Waals surface area contributed by atoms with E-state index in [2.05, 4.69) is 4.98 Å². The number of nitrogens with two attached hydrogens (primary N) is 1. The zero-order valence-electron chi connectivity index (χ0n) is 10.7. The third-order valence-corrected chi connectivity index (χ3v) is 2.44. The molecular formula is C12H17N3O4. The summed E-state index contributed by atoms with van der Waals surface area (Å²) in [5.41, 5.74) is 6.09. The Morgan fingerprint density at radius 2 is 2.26 bits per heavy atom. The van der Waals surface area contributed by atoms with E-state index < -0.39 is 18.1 Å². The molecule has 0 bridgehead atoms. The Hall–Kier alpha value is -2.15. The van der Waals surface area contributed by atoms with Gasteiger partial charge in [0.15, 0.2) is 0 Å². The summed E-state index contributed by atoms with van der Waals surface area (Å²) < 4.78 is 4.78. The normalized spacial score (nSPS) is 11.7. The Labute approximate surface area is 111 Å². The molecule has 1 aromatic heterocycles. The standard InChI is InChI=1S/C12H17N3O4/c1-15(7-5-9-4-2-3-6-14-9)12(18)19-8-10(13)11(16)17/h2-4,6,10H,5,7-8,13H2,1H3,(H,16,17)/t10-/m0/s1. The van der Waals surface area contributed by atoms with Crippen LogP contribution in [0.1, 0.15) is 5.69 Å². The quantitative estimate of drug-likeness (QED) is 0.757. The van der Waals surface area contributed by atoms with Crippen LogP contribution in [0.3, 0.4) is 0 Å². The molecule has 0 spiro atoms. The summed E-state index contributed by atoms with van der Waals surface area (Å²) in [4.78, 5) is 27.5. The van der Waals surface area contributed by atoms with Crippen molar-refractivity contribution >= 4 is 12.1 Å². The monoisotopic (exact) mass is 267 g/mol. The average Bonchev–Trinajstić information content (AvgIpc) is 2.42. The minimum Gasteiger partial charge on any atom is -0.480 e. The van der Waals surface area contributed by atoms with Crippen LogP contribution in [0.25, 0.3) is 0 Å². The van der Waals surface area contributed by atoms with Crippen LogP contribution >= 0.6 is 0 Å². The summed E-state index contributed by atoms with van der Waals surface area (Å²) in [7, 11) is 1.57. The molecule has 1 atom stereocenters. The number of hydrogen-bond acceptors (Lipinski definition) is 5. The van der Waals surface area contributed by atoms with Crippen LogP contribution in [0.5, 0.6) is 0 Å². The maximum absolute atomic E-state index is 11.5. The Morgan fingerprint density at radius 3 is 2.84 bits per heavy atom. The van der Waals surface area contributed by atoms with Gasteiger partial charge in [0, 0.05) is 31.9 Å². The lowest BCUT2D eigenvalue weighted by atomic mass is 10.2. The highest BCUT2D eigenvalue weighted by atomic mass is 16.6. The molecule has 0 fully saturated rings. The number of rotatable bonds is 6. The number of aromatic nitrogens is 1. The molecule has 0 aliphatic carbocycles. The number of carboxylic acid groups (broad SMARTS) is 1. The third-order valence-electron chi connectivity index (χ3n) is 2.44. The summed E-state index contributed by atoms with van der Waals surface area (Å²) in [5, 5.41) is 8.55. The van der Waals surface area contributed by atoms with Gasteiger partial charge in [-0.2, -0.15) is 0 Å². The van der Waals surface area contributed by atoms with Crippen molar-refractivity contribution in [1.29, 1.82) is 0 Å². The summed E-state index contributed by atoms with van der Waals surface area (Å²) >= 11 is 0. The van der Waals surface area contributed by atoms with Gasteiger partial charge >= 0.3 is 12.1 Å². The molecule has 19 heavy (non-hydrogen) atoms. The number of carbonyl (C=O) groups is 2. The minimum absolute atomic E-state index is 0.345. The van der Waals surface area contributed by atoms with E-state index in [1.807, 2.05) is 18.2 Å². The van der Waals surface area contributed by atoms with Crippen LogP contribution in [0.15, 0.2) is 24.4 Å². The number of ether oxygens (including phenoxy) is 1. The van der Waals surface area contributed by atoms with Crippen LogP contribution in [0, 0.1) is 0 Å². The fourth-order valence-electron chi connectivity index (χ4n) is 1.26. The first-order chi connectivity index (χ1) is 9.00. The van der Waals surface area contributed by atoms with E-state index in [9.17, 15) is 9.59 Å². The molecule has 3 N–H and O–H groups in total. The van der Waals surface area contributed by atoms with E-state index in [0.29, 0.717) is 13.0 Å². The van der Waals surface area contributed by atoms with E-state index in [-0.39, 0.29) is 6.61 Å². The molecule has 0 aliphatic rings. The summed E-state index contributed by atoms with van der Waals surface area (Å²) in [6.07, 6.45) is 1.67. The van der Waals surface area contributed by atoms with Crippen molar-refractivity contribution in [1.82, 2.24) is 9.88 Å². The first-order valence-corrected chi connectivity index (χ1v) is 5.77. The van der Waals surface area contributed by atoms with Crippen molar-refractivity contribution in [2.75, 3.05) is 20.2 Å². The van der Waals surface area contributed by atoms with Gasteiger partial charge in [-0.05, 0) is 12.1 Å². The molecule has 0 radical (unpaired) electrons. The number of amides is 1. The minimum atomic E-state index is -1.20. The van der Waals surface area contributed by atoms with Gasteiger partial charge in [0.2, 0.25) is 0 Å². The highest BCUT2D eigenvalue weighted by molar-refractivity contribution is 5.74. The zero-order chi connectivity index (χ0) is 14.3. The molecular weight excluding hydrogens is 250 g/mol. The molecule has 0 aliphatic heterocycles.